The second-order valence-electron chi connectivity index (χ2n) is 5.23. The summed E-state index contributed by atoms with van der Waals surface area (Å²) in [6.45, 7) is 2.66. The molecule has 0 aliphatic rings. The van der Waals surface area contributed by atoms with Gasteiger partial charge in [-0.05, 0) is 41.8 Å². The van der Waals surface area contributed by atoms with E-state index < -0.39 is 0 Å². The lowest BCUT2D eigenvalue weighted by molar-refractivity contribution is -0.125. The largest absolute Gasteiger partial charge is 0.497 e. The van der Waals surface area contributed by atoms with Gasteiger partial charge in [-0.3, -0.25) is 4.79 Å². The molecule has 2 aromatic carbocycles. The highest BCUT2D eigenvalue weighted by Crippen LogP contribution is 2.14. The zero-order valence-electron chi connectivity index (χ0n) is 13.2. The van der Waals surface area contributed by atoms with Gasteiger partial charge in [-0.15, -0.1) is 0 Å². The van der Waals surface area contributed by atoms with E-state index in [1.807, 2.05) is 49.5 Å². The first-order valence-corrected chi connectivity index (χ1v) is 7.22. The van der Waals surface area contributed by atoms with Crippen LogP contribution in [0.3, 0.4) is 0 Å². The van der Waals surface area contributed by atoms with E-state index in [1.165, 1.54) is 5.56 Å². The monoisotopic (exact) mass is 295 g/mol. The molecule has 0 unspecified atom stereocenters. The highest BCUT2D eigenvalue weighted by molar-refractivity contribution is 5.91. The van der Waals surface area contributed by atoms with Crippen molar-refractivity contribution in [2.45, 2.75) is 13.5 Å². The number of hydrogen-bond donors (Lipinski definition) is 0. The van der Waals surface area contributed by atoms with E-state index in [4.69, 9.17) is 4.74 Å². The van der Waals surface area contributed by atoms with Crippen molar-refractivity contribution in [3.8, 4) is 5.75 Å². The van der Waals surface area contributed by atoms with Gasteiger partial charge in [0.2, 0.25) is 5.91 Å². The van der Waals surface area contributed by atoms with Crippen molar-refractivity contribution in [1.82, 2.24) is 4.90 Å². The molecule has 0 saturated heterocycles. The first kappa shape index (κ1) is 15.8. The summed E-state index contributed by atoms with van der Waals surface area (Å²) in [5.74, 6) is 0.758. The quantitative estimate of drug-likeness (QED) is 0.788. The second-order valence-corrected chi connectivity index (χ2v) is 5.23. The maximum Gasteiger partial charge on any atom is 0.246 e. The van der Waals surface area contributed by atoms with Crippen LogP contribution < -0.4 is 4.74 Å². The van der Waals surface area contributed by atoms with Crippen LogP contribution in [0.4, 0.5) is 0 Å². The van der Waals surface area contributed by atoms with Crippen molar-refractivity contribution in [1.29, 1.82) is 0 Å². The molecule has 2 rings (SSSR count). The Morgan fingerprint density at radius 2 is 1.95 bits per heavy atom. The number of benzene rings is 2. The van der Waals surface area contributed by atoms with Gasteiger partial charge in [0.25, 0.3) is 0 Å². The number of hydrogen-bond acceptors (Lipinski definition) is 2. The van der Waals surface area contributed by atoms with Crippen LogP contribution in [0.15, 0.2) is 54.6 Å². The van der Waals surface area contributed by atoms with Crippen LogP contribution in [-0.2, 0) is 11.3 Å². The molecule has 114 valence electrons. The first-order valence-electron chi connectivity index (χ1n) is 7.22. The molecule has 0 saturated carbocycles. The molecule has 0 aliphatic heterocycles. The summed E-state index contributed by atoms with van der Waals surface area (Å²) < 4.78 is 5.17. The minimum Gasteiger partial charge on any atom is -0.497 e. The van der Waals surface area contributed by atoms with Crippen LogP contribution in [0.5, 0.6) is 5.75 Å². The molecule has 0 aliphatic carbocycles. The lowest BCUT2D eigenvalue weighted by Crippen LogP contribution is -2.24. The van der Waals surface area contributed by atoms with Crippen LogP contribution in [0.2, 0.25) is 0 Å². The SMILES string of the molecule is COc1cccc(/C=C/C(=O)N(C)Cc2ccccc2C)c1. The summed E-state index contributed by atoms with van der Waals surface area (Å²) in [4.78, 5) is 13.9. The van der Waals surface area contributed by atoms with Crippen molar-refractivity contribution >= 4 is 12.0 Å². The summed E-state index contributed by atoms with van der Waals surface area (Å²) in [5, 5.41) is 0. The van der Waals surface area contributed by atoms with Gasteiger partial charge in [-0.2, -0.15) is 0 Å². The number of nitrogens with zero attached hydrogens (tertiary/aromatic N) is 1. The third-order valence-corrected chi connectivity index (χ3v) is 3.56. The van der Waals surface area contributed by atoms with Gasteiger partial charge in [-0.1, -0.05) is 36.4 Å². The number of likely N-dealkylation sites (N-methyl/N-ethyl adjacent to an activating group) is 1. The molecule has 0 atom stereocenters. The number of amides is 1. The molecule has 0 N–H and O–H groups in total. The van der Waals surface area contributed by atoms with Gasteiger partial charge >= 0.3 is 0 Å². The standard InChI is InChI=1S/C19H21NO2/c1-15-7-4-5-9-17(15)14-20(2)19(21)12-11-16-8-6-10-18(13-16)22-3/h4-13H,14H2,1-3H3/b12-11+. The molecule has 22 heavy (non-hydrogen) atoms. The predicted octanol–water partition coefficient (Wildman–Crippen LogP) is 3.68. The average Bonchev–Trinajstić information content (AvgIpc) is 2.54. The number of rotatable bonds is 5. The molecule has 0 bridgehead atoms. The summed E-state index contributed by atoms with van der Waals surface area (Å²) >= 11 is 0. The molecule has 3 nitrogen and oxygen atoms in total. The Bertz CT molecular complexity index is 677. The smallest absolute Gasteiger partial charge is 0.246 e. The molecule has 0 spiro atoms. The Balaban J connectivity index is 2.01. The first-order chi connectivity index (χ1) is 10.6. The summed E-state index contributed by atoms with van der Waals surface area (Å²) in [5.41, 5.74) is 3.30. The summed E-state index contributed by atoms with van der Waals surface area (Å²) in [7, 11) is 3.44. The Morgan fingerprint density at radius 3 is 2.68 bits per heavy atom. The van der Waals surface area contributed by atoms with Gasteiger partial charge < -0.3 is 9.64 Å². The lowest BCUT2D eigenvalue weighted by atomic mass is 10.1. The van der Waals surface area contributed by atoms with E-state index in [1.54, 1.807) is 24.2 Å². The lowest BCUT2D eigenvalue weighted by Gasteiger charge is -2.16. The maximum atomic E-state index is 12.2. The molecular weight excluding hydrogens is 274 g/mol. The van der Waals surface area contributed by atoms with Gasteiger partial charge in [-0.25, -0.2) is 0 Å². The van der Waals surface area contributed by atoms with E-state index >= 15 is 0 Å². The fourth-order valence-electron chi connectivity index (χ4n) is 2.16. The normalized spacial score (nSPS) is 10.7. The average molecular weight is 295 g/mol. The van der Waals surface area contributed by atoms with Crippen molar-refractivity contribution in [3.63, 3.8) is 0 Å². The molecule has 0 radical (unpaired) electrons. The fraction of sp³-hybridized carbons (Fsp3) is 0.211. The van der Waals surface area contributed by atoms with Crippen LogP contribution in [0.1, 0.15) is 16.7 Å². The van der Waals surface area contributed by atoms with Gasteiger partial charge in [0.1, 0.15) is 5.75 Å². The molecule has 2 aromatic rings. The van der Waals surface area contributed by atoms with Crippen LogP contribution in [0.25, 0.3) is 6.08 Å². The highest BCUT2D eigenvalue weighted by Gasteiger charge is 2.07. The summed E-state index contributed by atoms with van der Waals surface area (Å²) in [6, 6.07) is 15.7. The van der Waals surface area contributed by atoms with Crippen LogP contribution in [-0.4, -0.2) is 25.0 Å². The highest BCUT2D eigenvalue weighted by atomic mass is 16.5. The van der Waals surface area contributed by atoms with E-state index in [2.05, 4.69) is 13.0 Å². The van der Waals surface area contributed by atoms with Gasteiger partial charge in [0, 0.05) is 19.7 Å². The van der Waals surface area contributed by atoms with Crippen molar-refractivity contribution in [2.24, 2.45) is 0 Å². The molecule has 0 heterocycles. The number of methoxy groups -OCH3 is 1. The van der Waals surface area contributed by atoms with Gasteiger partial charge in [0.05, 0.1) is 7.11 Å². The minimum atomic E-state index is -0.0222. The second kappa shape index (κ2) is 7.46. The predicted molar refractivity (Wildman–Crippen MR) is 89.7 cm³/mol. The van der Waals surface area contributed by atoms with E-state index in [0.717, 1.165) is 16.9 Å². The molecular formula is C19H21NO2. The fourth-order valence-corrected chi connectivity index (χ4v) is 2.16. The Labute approximate surface area is 131 Å². The minimum absolute atomic E-state index is 0.0222. The Hall–Kier alpha value is -2.55. The van der Waals surface area contributed by atoms with Gasteiger partial charge in [0.15, 0.2) is 0 Å². The number of ether oxygens (including phenoxy) is 1. The zero-order chi connectivity index (χ0) is 15.9. The van der Waals surface area contributed by atoms with Crippen molar-refractivity contribution in [2.75, 3.05) is 14.2 Å². The molecule has 1 amide bonds. The van der Waals surface area contributed by atoms with E-state index in [9.17, 15) is 4.79 Å². The molecule has 0 fully saturated rings. The summed E-state index contributed by atoms with van der Waals surface area (Å²) in [6.07, 6.45) is 3.40. The van der Waals surface area contributed by atoms with E-state index in [0.29, 0.717) is 6.54 Å². The van der Waals surface area contributed by atoms with Crippen LogP contribution >= 0.6 is 0 Å². The maximum absolute atomic E-state index is 12.2. The third-order valence-electron chi connectivity index (χ3n) is 3.56. The Morgan fingerprint density at radius 1 is 1.18 bits per heavy atom. The zero-order valence-corrected chi connectivity index (χ0v) is 13.2. The third kappa shape index (κ3) is 4.22. The number of carbonyl (C=O) groups excluding carboxylic acids is 1. The van der Waals surface area contributed by atoms with Crippen molar-refractivity contribution in [3.05, 3.63) is 71.3 Å². The topological polar surface area (TPSA) is 29.5 Å². The number of aryl methyl sites for hydroxylation is 1. The van der Waals surface area contributed by atoms with Crippen molar-refractivity contribution < 1.29 is 9.53 Å². The molecule has 0 aromatic heterocycles. The Kier molecular flexibility index (Phi) is 5.37. The van der Waals surface area contributed by atoms with Crippen LogP contribution in [0, 0.1) is 6.92 Å². The molecule has 3 heteroatoms. The number of carbonyl (C=O) groups is 1. The van der Waals surface area contributed by atoms with E-state index in [-0.39, 0.29) is 5.91 Å².